The number of aliphatic hydroxyl groups is 1. The Labute approximate surface area is 105 Å². The van der Waals surface area contributed by atoms with Crippen molar-refractivity contribution in [3.05, 3.63) is 23.2 Å². The lowest BCUT2D eigenvalue weighted by atomic mass is 10.2. The Hall–Kier alpha value is -0.820. The van der Waals surface area contributed by atoms with Crippen LogP contribution in [0.25, 0.3) is 0 Å². The van der Waals surface area contributed by atoms with E-state index < -0.39 is 16.1 Å². The summed E-state index contributed by atoms with van der Waals surface area (Å²) in [6.07, 6.45) is -0.571. The lowest BCUT2D eigenvalue weighted by Crippen LogP contribution is -2.53. The van der Waals surface area contributed by atoms with E-state index in [-0.39, 0.29) is 23.0 Å². The molecule has 1 aliphatic rings. The second kappa shape index (κ2) is 4.45. The lowest BCUT2D eigenvalue weighted by Gasteiger charge is -2.34. The number of aliphatic hydroxyl groups excluding tert-OH is 1. The number of methoxy groups -OCH3 is 1. The van der Waals surface area contributed by atoms with Gasteiger partial charge in [0.2, 0.25) is 10.0 Å². The SMILES string of the molecule is COc1ccc(S(=O)(=O)N2CC(O)C2)cc1Cl. The highest BCUT2D eigenvalue weighted by Crippen LogP contribution is 2.29. The third kappa shape index (κ3) is 2.26. The van der Waals surface area contributed by atoms with Crippen molar-refractivity contribution >= 4 is 21.6 Å². The first-order chi connectivity index (χ1) is 7.95. The fraction of sp³-hybridized carbons (Fsp3) is 0.400. The fourth-order valence-electron chi connectivity index (χ4n) is 1.57. The van der Waals surface area contributed by atoms with Crippen LogP contribution in [0.2, 0.25) is 5.02 Å². The van der Waals surface area contributed by atoms with Crippen molar-refractivity contribution in [2.24, 2.45) is 0 Å². The second-order valence-corrected chi connectivity index (χ2v) is 6.12. The summed E-state index contributed by atoms with van der Waals surface area (Å²) in [6.45, 7) is 0.262. The maximum atomic E-state index is 12.0. The quantitative estimate of drug-likeness (QED) is 0.884. The van der Waals surface area contributed by atoms with Gasteiger partial charge in [0.1, 0.15) is 5.75 Å². The summed E-state index contributed by atoms with van der Waals surface area (Å²) in [5.74, 6) is 0.425. The maximum Gasteiger partial charge on any atom is 0.243 e. The Kier molecular flexibility index (Phi) is 3.31. The van der Waals surface area contributed by atoms with E-state index in [1.165, 1.54) is 29.6 Å². The van der Waals surface area contributed by atoms with Crippen molar-refractivity contribution in [1.82, 2.24) is 4.31 Å². The Balaban J connectivity index is 2.31. The predicted molar refractivity (Wildman–Crippen MR) is 62.8 cm³/mol. The van der Waals surface area contributed by atoms with Gasteiger partial charge in [0.25, 0.3) is 0 Å². The number of ether oxygens (including phenoxy) is 1. The number of nitrogens with zero attached hydrogens (tertiary/aromatic N) is 1. The van der Waals surface area contributed by atoms with E-state index in [9.17, 15) is 8.42 Å². The van der Waals surface area contributed by atoms with Gasteiger partial charge in [0.15, 0.2) is 0 Å². The van der Waals surface area contributed by atoms with Crippen LogP contribution in [0, 0.1) is 0 Å². The Morgan fingerprint density at radius 2 is 2.12 bits per heavy atom. The molecule has 94 valence electrons. The van der Waals surface area contributed by atoms with E-state index in [0.717, 1.165) is 0 Å². The van der Waals surface area contributed by atoms with E-state index in [4.69, 9.17) is 21.4 Å². The number of halogens is 1. The summed E-state index contributed by atoms with van der Waals surface area (Å²) in [6, 6.07) is 4.29. The third-order valence-corrected chi connectivity index (χ3v) is 4.71. The first kappa shape index (κ1) is 12.6. The highest BCUT2D eigenvalue weighted by atomic mass is 35.5. The van der Waals surface area contributed by atoms with Gasteiger partial charge in [-0.2, -0.15) is 4.31 Å². The van der Waals surface area contributed by atoms with E-state index in [1.54, 1.807) is 0 Å². The van der Waals surface area contributed by atoms with Crippen molar-refractivity contribution in [2.75, 3.05) is 20.2 Å². The Morgan fingerprint density at radius 1 is 1.47 bits per heavy atom. The molecule has 0 radical (unpaired) electrons. The predicted octanol–water partition coefficient (Wildman–Crippen LogP) is 0.714. The first-order valence-electron chi connectivity index (χ1n) is 4.97. The zero-order valence-corrected chi connectivity index (χ0v) is 10.7. The highest BCUT2D eigenvalue weighted by Gasteiger charge is 2.35. The van der Waals surface area contributed by atoms with E-state index >= 15 is 0 Å². The van der Waals surface area contributed by atoms with Gasteiger partial charge >= 0.3 is 0 Å². The number of sulfonamides is 1. The van der Waals surface area contributed by atoms with Crippen LogP contribution < -0.4 is 4.74 Å². The molecule has 0 bridgehead atoms. The Bertz CT molecular complexity index is 525. The minimum absolute atomic E-state index is 0.107. The van der Waals surface area contributed by atoms with Crippen LogP contribution in [-0.4, -0.2) is 44.1 Å². The number of rotatable bonds is 3. The van der Waals surface area contributed by atoms with Crippen molar-refractivity contribution in [3.63, 3.8) is 0 Å². The van der Waals surface area contributed by atoms with Crippen molar-refractivity contribution in [1.29, 1.82) is 0 Å². The number of hydrogen-bond donors (Lipinski definition) is 1. The summed E-state index contributed by atoms with van der Waals surface area (Å²) in [5.41, 5.74) is 0. The summed E-state index contributed by atoms with van der Waals surface area (Å²) >= 11 is 5.87. The van der Waals surface area contributed by atoms with Gasteiger partial charge in [-0.15, -0.1) is 0 Å². The molecule has 7 heteroatoms. The third-order valence-electron chi connectivity index (χ3n) is 2.59. The van der Waals surface area contributed by atoms with Crippen LogP contribution in [0.15, 0.2) is 23.1 Å². The molecule has 0 saturated carbocycles. The molecular formula is C10H12ClNO4S. The normalized spacial score (nSPS) is 17.8. The van der Waals surface area contributed by atoms with Crippen LogP contribution in [0.4, 0.5) is 0 Å². The minimum Gasteiger partial charge on any atom is -0.495 e. The molecule has 1 aromatic carbocycles. The van der Waals surface area contributed by atoms with E-state index in [1.807, 2.05) is 0 Å². The molecule has 0 aromatic heterocycles. The molecule has 5 nitrogen and oxygen atoms in total. The van der Waals surface area contributed by atoms with Crippen LogP contribution in [0.1, 0.15) is 0 Å². The molecule has 1 aliphatic heterocycles. The van der Waals surface area contributed by atoms with Gasteiger partial charge in [-0.05, 0) is 18.2 Å². The van der Waals surface area contributed by atoms with Crippen LogP contribution in [0.3, 0.4) is 0 Å². The number of β-amino-alcohol motifs (C(OH)–C–C–N with tert-alkyl or cyclic N) is 1. The summed E-state index contributed by atoms with van der Waals surface area (Å²) in [5, 5.41) is 9.36. The van der Waals surface area contributed by atoms with Crippen molar-refractivity contribution < 1.29 is 18.3 Å². The molecule has 0 amide bonds. The lowest BCUT2D eigenvalue weighted by molar-refractivity contribution is 0.0548. The van der Waals surface area contributed by atoms with Gasteiger partial charge in [0.05, 0.1) is 23.1 Å². The average Bonchev–Trinajstić information content (AvgIpc) is 2.24. The molecule has 1 N–H and O–H groups in total. The van der Waals surface area contributed by atoms with Crippen molar-refractivity contribution in [3.8, 4) is 5.75 Å². The zero-order chi connectivity index (χ0) is 12.6. The minimum atomic E-state index is -3.55. The monoisotopic (exact) mass is 277 g/mol. The molecule has 0 atom stereocenters. The average molecular weight is 278 g/mol. The van der Waals surface area contributed by atoms with E-state index in [2.05, 4.69) is 0 Å². The fourth-order valence-corrected chi connectivity index (χ4v) is 3.43. The molecule has 1 aromatic rings. The molecule has 0 unspecified atom stereocenters. The largest absolute Gasteiger partial charge is 0.495 e. The topological polar surface area (TPSA) is 66.8 Å². The van der Waals surface area contributed by atoms with Crippen LogP contribution in [-0.2, 0) is 10.0 Å². The van der Waals surface area contributed by atoms with Crippen LogP contribution in [0.5, 0.6) is 5.75 Å². The van der Waals surface area contributed by atoms with Gasteiger partial charge in [-0.3, -0.25) is 0 Å². The zero-order valence-electron chi connectivity index (χ0n) is 9.13. The molecule has 0 spiro atoms. The number of benzene rings is 1. The standard InChI is InChI=1S/C10H12ClNO4S/c1-16-10-3-2-8(4-9(10)11)17(14,15)12-5-7(13)6-12/h2-4,7,13H,5-6H2,1H3. The van der Waals surface area contributed by atoms with Gasteiger partial charge in [0, 0.05) is 13.1 Å². The summed E-state index contributed by atoms with van der Waals surface area (Å²) < 4.78 is 30.2. The van der Waals surface area contributed by atoms with Gasteiger partial charge in [-0.25, -0.2) is 8.42 Å². The molecule has 2 rings (SSSR count). The number of hydrogen-bond acceptors (Lipinski definition) is 4. The van der Waals surface area contributed by atoms with Crippen LogP contribution >= 0.6 is 11.6 Å². The Morgan fingerprint density at radius 3 is 2.59 bits per heavy atom. The molecule has 1 fully saturated rings. The smallest absolute Gasteiger partial charge is 0.243 e. The van der Waals surface area contributed by atoms with E-state index in [0.29, 0.717) is 5.75 Å². The molecule has 1 saturated heterocycles. The second-order valence-electron chi connectivity index (χ2n) is 3.77. The van der Waals surface area contributed by atoms with Gasteiger partial charge < -0.3 is 9.84 Å². The molecule has 0 aliphatic carbocycles. The van der Waals surface area contributed by atoms with Crippen molar-refractivity contribution in [2.45, 2.75) is 11.0 Å². The highest BCUT2D eigenvalue weighted by molar-refractivity contribution is 7.89. The molecule has 17 heavy (non-hydrogen) atoms. The summed E-state index contributed by atoms with van der Waals surface area (Å²) in [7, 11) is -2.09. The van der Waals surface area contributed by atoms with Gasteiger partial charge in [-0.1, -0.05) is 11.6 Å². The molecular weight excluding hydrogens is 266 g/mol. The summed E-state index contributed by atoms with van der Waals surface area (Å²) in [4.78, 5) is 0.107. The first-order valence-corrected chi connectivity index (χ1v) is 6.78. The molecule has 1 heterocycles. The maximum absolute atomic E-state index is 12.0.